The number of aromatic nitrogens is 3. The zero-order valence-corrected chi connectivity index (χ0v) is 13.5. The van der Waals surface area contributed by atoms with Crippen molar-refractivity contribution < 1.29 is 14.4 Å². The molecule has 128 valence electrons. The summed E-state index contributed by atoms with van der Waals surface area (Å²) in [5.41, 5.74) is 16.5. The topological polar surface area (TPSA) is 181 Å². The second-order valence-corrected chi connectivity index (χ2v) is 5.35. The van der Waals surface area contributed by atoms with Crippen LogP contribution in [0.25, 0.3) is 0 Å². The molecule has 0 fully saturated rings. The molecule has 11 nitrogen and oxygen atoms in total. The van der Waals surface area contributed by atoms with E-state index in [1.807, 2.05) is 0 Å². The lowest BCUT2D eigenvalue weighted by Crippen LogP contribution is -2.25. The third kappa shape index (κ3) is 4.19. The Morgan fingerprint density at radius 3 is 2.71 bits per heavy atom. The SMILES string of the molecule is Cn1nc(C(=N)N)cc1OCCO/N=C(\C(N)=O)c1csc(N)n1. The first-order valence-corrected chi connectivity index (χ1v) is 7.48. The number of carbonyl (C=O) groups is 1. The first kappa shape index (κ1) is 17.2. The number of thiazole rings is 1. The van der Waals surface area contributed by atoms with Gasteiger partial charge >= 0.3 is 0 Å². The first-order chi connectivity index (χ1) is 11.4. The van der Waals surface area contributed by atoms with Gasteiger partial charge in [0, 0.05) is 18.5 Å². The van der Waals surface area contributed by atoms with Crippen LogP contribution in [0.5, 0.6) is 5.88 Å². The van der Waals surface area contributed by atoms with Crippen LogP contribution >= 0.6 is 11.3 Å². The van der Waals surface area contributed by atoms with E-state index in [1.54, 1.807) is 12.4 Å². The molecule has 0 atom stereocenters. The lowest BCUT2D eigenvalue weighted by Gasteiger charge is -2.05. The number of oxime groups is 1. The summed E-state index contributed by atoms with van der Waals surface area (Å²) in [6.45, 7) is 0.183. The van der Waals surface area contributed by atoms with Crippen LogP contribution in [0.15, 0.2) is 16.6 Å². The number of rotatable bonds is 8. The van der Waals surface area contributed by atoms with Crippen molar-refractivity contribution in [3.63, 3.8) is 0 Å². The fraction of sp³-hybridized carbons (Fsp3) is 0.250. The first-order valence-electron chi connectivity index (χ1n) is 6.61. The Morgan fingerprint density at radius 2 is 2.17 bits per heavy atom. The molecule has 0 aliphatic rings. The molecule has 7 N–H and O–H groups in total. The van der Waals surface area contributed by atoms with E-state index in [-0.39, 0.29) is 30.5 Å². The number of nitrogens with two attached hydrogens (primary N) is 3. The molecule has 2 heterocycles. The van der Waals surface area contributed by atoms with Crippen molar-refractivity contribution in [1.82, 2.24) is 14.8 Å². The van der Waals surface area contributed by atoms with E-state index < -0.39 is 5.91 Å². The number of aryl methyl sites for hydroxylation is 1. The second kappa shape index (κ2) is 7.41. The number of nitrogen functional groups attached to an aromatic ring is 2. The van der Waals surface area contributed by atoms with Crippen molar-refractivity contribution in [3.05, 3.63) is 22.8 Å². The summed E-state index contributed by atoms with van der Waals surface area (Å²) in [4.78, 5) is 20.3. The number of amides is 1. The molecule has 0 aliphatic carbocycles. The van der Waals surface area contributed by atoms with Crippen LogP contribution in [-0.2, 0) is 16.7 Å². The minimum Gasteiger partial charge on any atom is -0.474 e. The number of amidine groups is 1. The number of nitrogens with zero attached hydrogens (tertiary/aromatic N) is 4. The average Bonchev–Trinajstić information content (AvgIpc) is 3.09. The summed E-state index contributed by atoms with van der Waals surface area (Å²) in [6, 6.07) is 1.53. The van der Waals surface area contributed by atoms with Crippen molar-refractivity contribution in [3.8, 4) is 5.88 Å². The van der Waals surface area contributed by atoms with Gasteiger partial charge in [-0.1, -0.05) is 5.16 Å². The standard InChI is InChI=1S/C12H16N8O3S/c1-20-8(4-6(18-20)10(13)14)22-2-3-23-19-9(11(15)21)7-5-24-12(16)17-7/h4-5H,2-3H2,1H3,(H3,13,14)(H2,15,21)(H2,16,17)/b19-9-. The maximum atomic E-state index is 11.4. The van der Waals surface area contributed by atoms with Crippen LogP contribution < -0.4 is 21.9 Å². The average molecular weight is 352 g/mol. The highest BCUT2D eigenvalue weighted by Crippen LogP contribution is 2.13. The smallest absolute Gasteiger partial charge is 0.273 e. The number of primary amides is 1. The van der Waals surface area contributed by atoms with E-state index in [4.69, 9.17) is 32.2 Å². The Balaban J connectivity index is 1.89. The highest BCUT2D eigenvalue weighted by molar-refractivity contribution is 7.13. The van der Waals surface area contributed by atoms with Crippen molar-refractivity contribution in [2.45, 2.75) is 0 Å². The predicted molar refractivity (Wildman–Crippen MR) is 87.9 cm³/mol. The zero-order chi connectivity index (χ0) is 17.7. The lowest BCUT2D eigenvalue weighted by molar-refractivity contribution is -0.112. The quantitative estimate of drug-likeness (QED) is 0.204. The monoisotopic (exact) mass is 352 g/mol. The Hall–Kier alpha value is -3.15. The molecule has 12 heteroatoms. The van der Waals surface area contributed by atoms with Gasteiger partial charge in [0.1, 0.15) is 23.8 Å². The van der Waals surface area contributed by atoms with Gasteiger partial charge in [0.05, 0.1) is 0 Å². The van der Waals surface area contributed by atoms with Gasteiger partial charge in [-0.05, 0) is 0 Å². The summed E-state index contributed by atoms with van der Waals surface area (Å²) >= 11 is 1.16. The molecule has 0 aliphatic heterocycles. The lowest BCUT2D eigenvalue weighted by atomic mass is 10.3. The van der Waals surface area contributed by atoms with E-state index in [1.165, 1.54) is 10.7 Å². The van der Waals surface area contributed by atoms with E-state index in [0.29, 0.717) is 16.7 Å². The molecule has 0 radical (unpaired) electrons. The van der Waals surface area contributed by atoms with Crippen molar-refractivity contribution in [2.24, 2.45) is 23.7 Å². The van der Waals surface area contributed by atoms with E-state index in [0.717, 1.165) is 11.3 Å². The highest BCUT2D eigenvalue weighted by Gasteiger charge is 2.15. The van der Waals surface area contributed by atoms with Gasteiger partial charge in [0.15, 0.2) is 17.5 Å². The van der Waals surface area contributed by atoms with Gasteiger partial charge in [0.2, 0.25) is 5.88 Å². The Labute approximate surface area is 140 Å². The number of nitrogens with one attached hydrogen (secondary N) is 1. The normalized spacial score (nSPS) is 11.3. The molecule has 0 spiro atoms. The van der Waals surface area contributed by atoms with E-state index >= 15 is 0 Å². The van der Waals surface area contributed by atoms with Crippen LogP contribution in [0.3, 0.4) is 0 Å². The fourth-order valence-electron chi connectivity index (χ4n) is 1.62. The molecule has 0 unspecified atom stereocenters. The Bertz CT molecular complexity index is 781. The van der Waals surface area contributed by atoms with Gasteiger partial charge < -0.3 is 26.8 Å². The third-order valence-electron chi connectivity index (χ3n) is 2.69. The van der Waals surface area contributed by atoms with Crippen LogP contribution in [-0.4, -0.2) is 45.4 Å². The maximum Gasteiger partial charge on any atom is 0.273 e. The number of anilines is 1. The molecular formula is C12H16N8O3S. The van der Waals surface area contributed by atoms with E-state index in [2.05, 4.69) is 15.2 Å². The van der Waals surface area contributed by atoms with Crippen LogP contribution in [0.2, 0.25) is 0 Å². The molecule has 0 bridgehead atoms. The molecule has 0 saturated carbocycles. The largest absolute Gasteiger partial charge is 0.474 e. The summed E-state index contributed by atoms with van der Waals surface area (Å²) in [5.74, 6) is -0.524. The molecule has 2 aromatic rings. The van der Waals surface area contributed by atoms with Crippen LogP contribution in [0.4, 0.5) is 5.13 Å². The summed E-state index contributed by atoms with van der Waals surface area (Å²) in [5, 5.41) is 16.8. The molecule has 24 heavy (non-hydrogen) atoms. The van der Waals surface area contributed by atoms with Crippen molar-refractivity contribution >= 4 is 33.9 Å². The van der Waals surface area contributed by atoms with Gasteiger partial charge in [-0.15, -0.1) is 11.3 Å². The van der Waals surface area contributed by atoms with E-state index in [9.17, 15) is 4.79 Å². The Morgan fingerprint density at radius 1 is 1.42 bits per heavy atom. The molecule has 0 aromatic carbocycles. The van der Waals surface area contributed by atoms with Gasteiger partial charge in [-0.25, -0.2) is 9.67 Å². The van der Waals surface area contributed by atoms with Crippen molar-refractivity contribution in [1.29, 1.82) is 5.41 Å². The van der Waals surface area contributed by atoms with Gasteiger partial charge in [-0.2, -0.15) is 5.10 Å². The minimum atomic E-state index is -0.779. The summed E-state index contributed by atoms with van der Waals surface area (Å²) in [6.07, 6.45) is 0. The summed E-state index contributed by atoms with van der Waals surface area (Å²) in [7, 11) is 1.65. The van der Waals surface area contributed by atoms with Gasteiger partial charge in [0.25, 0.3) is 5.91 Å². The van der Waals surface area contributed by atoms with Crippen LogP contribution in [0, 0.1) is 5.41 Å². The highest BCUT2D eigenvalue weighted by atomic mass is 32.1. The van der Waals surface area contributed by atoms with Crippen LogP contribution in [0.1, 0.15) is 11.4 Å². The Kier molecular flexibility index (Phi) is 5.31. The molecule has 2 aromatic heterocycles. The number of ether oxygens (including phenoxy) is 1. The van der Waals surface area contributed by atoms with Gasteiger partial charge in [-0.3, -0.25) is 10.2 Å². The molecule has 0 saturated heterocycles. The third-order valence-corrected chi connectivity index (χ3v) is 3.37. The number of hydrogen-bond donors (Lipinski definition) is 4. The second-order valence-electron chi connectivity index (χ2n) is 4.46. The fourth-order valence-corrected chi connectivity index (χ4v) is 2.17. The molecule has 2 rings (SSSR count). The molecule has 1 amide bonds. The number of hydrogen-bond acceptors (Lipinski definition) is 9. The zero-order valence-electron chi connectivity index (χ0n) is 12.7. The maximum absolute atomic E-state index is 11.4. The minimum absolute atomic E-state index is 0.0526. The molecular weight excluding hydrogens is 336 g/mol. The summed E-state index contributed by atoms with van der Waals surface area (Å²) < 4.78 is 6.86. The predicted octanol–water partition coefficient (Wildman–Crippen LogP) is -0.972. The number of carbonyl (C=O) groups excluding carboxylic acids is 1. The van der Waals surface area contributed by atoms with Crippen molar-refractivity contribution in [2.75, 3.05) is 18.9 Å².